The summed E-state index contributed by atoms with van der Waals surface area (Å²) in [5.74, 6) is -1.70. The van der Waals surface area contributed by atoms with E-state index >= 15 is 0 Å². The van der Waals surface area contributed by atoms with Crippen LogP contribution < -0.4 is 0 Å². The molecule has 8 heteroatoms. The summed E-state index contributed by atoms with van der Waals surface area (Å²) < 4.78 is 80.6. The first-order valence-corrected chi connectivity index (χ1v) is 11.6. The summed E-state index contributed by atoms with van der Waals surface area (Å²) >= 11 is 0. The number of aromatic nitrogens is 1. The summed E-state index contributed by atoms with van der Waals surface area (Å²) in [6.45, 7) is 1.87. The number of halogens is 6. The highest BCUT2D eigenvalue weighted by Crippen LogP contribution is 2.39. The van der Waals surface area contributed by atoms with Gasteiger partial charge in [-0.05, 0) is 52.1 Å². The lowest BCUT2D eigenvalue weighted by Crippen LogP contribution is -2.18. The van der Waals surface area contributed by atoms with Crippen molar-refractivity contribution in [1.82, 2.24) is 4.98 Å². The number of alkyl halides is 6. The van der Waals surface area contributed by atoms with E-state index < -0.39 is 29.4 Å². The Morgan fingerprint density at radius 3 is 2.14 bits per heavy atom. The van der Waals surface area contributed by atoms with Crippen LogP contribution in [-0.4, -0.2) is 10.8 Å². The molecule has 0 bridgehead atoms. The SMILES string of the molecule is C[C@H](CC(=O)C[C@@H](c1ccc(C(F)(F)F)cc1)c1ncccc1C(F)(F)F)c1cccc2ccccc12. The van der Waals surface area contributed by atoms with Gasteiger partial charge in [0.15, 0.2) is 0 Å². The molecule has 4 aromatic rings. The van der Waals surface area contributed by atoms with E-state index in [1.807, 2.05) is 49.4 Å². The largest absolute Gasteiger partial charge is 0.418 e. The second kappa shape index (κ2) is 10.4. The number of Topliss-reactive ketones (excluding diaryl/α,β-unsaturated/α-hetero) is 1. The maximum absolute atomic E-state index is 13.8. The van der Waals surface area contributed by atoms with Gasteiger partial charge in [0.2, 0.25) is 0 Å². The van der Waals surface area contributed by atoms with E-state index in [4.69, 9.17) is 0 Å². The average molecular weight is 515 g/mol. The molecule has 192 valence electrons. The first-order chi connectivity index (χ1) is 17.4. The van der Waals surface area contributed by atoms with Gasteiger partial charge >= 0.3 is 12.4 Å². The Morgan fingerprint density at radius 1 is 0.784 bits per heavy atom. The van der Waals surface area contributed by atoms with Crippen molar-refractivity contribution >= 4 is 16.6 Å². The Kier molecular flexibility index (Phi) is 7.39. The van der Waals surface area contributed by atoms with Gasteiger partial charge in [0.05, 0.1) is 16.8 Å². The summed E-state index contributed by atoms with van der Waals surface area (Å²) in [6, 6.07) is 19.3. The Labute approximate surface area is 210 Å². The number of carbonyl (C=O) groups excluding carboxylic acids is 1. The lowest BCUT2D eigenvalue weighted by molar-refractivity contribution is -0.139. The molecule has 0 radical (unpaired) electrons. The van der Waals surface area contributed by atoms with Crippen LogP contribution in [-0.2, 0) is 17.1 Å². The van der Waals surface area contributed by atoms with Gasteiger partial charge in [-0.1, -0.05) is 61.5 Å². The third kappa shape index (κ3) is 6.01. The Balaban J connectivity index is 1.67. The van der Waals surface area contributed by atoms with Gasteiger partial charge in [-0.3, -0.25) is 9.78 Å². The minimum Gasteiger partial charge on any atom is -0.300 e. The number of nitrogens with zero attached hydrogens (tertiary/aromatic N) is 1. The highest BCUT2D eigenvalue weighted by atomic mass is 19.4. The normalized spacial score (nSPS) is 13.9. The van der Waals surface area contributed by atoms with E-state index in [9.17, 15) is 31.1 Å². The molecule has 4 rings (SSSR count). The molecule has 37 heavy (non-hydrogen) atoms. The molecular formula is C29H23F6NO. The molecule has 0 N–H and O–H groups in total. The van der Waals surface area contributed by atoms with Gasteiger partial charge in [-0.2, -0.15) is 26.3 Å². The third-order valence-electron chi connectivity index (χ3n) is 6.43. The molecule has 0 spiro atoms. The molecule has 0 aliphatic rings. The zero-order chi connectivity index (χ0) is 26.8. The van der Waals surface area contributed by atoms with Crippen LogP contribution in [0.25, 0.3) is 10.8 Å². The fourth-order valence-corrected chi connectivity index (χ4v) is 4.65. The van der Waals surface area contributed by atoms with Crippen molar-refractivity contribution in [1.29, 1.82) is 0 Å². The molecule has 0 amide bonds. The molecular weight excluding hydrogens is 492 g/mol. The molecule has 0 unspecified atom stereocenters. The fraction of sp³-hybridized carbons (Fsp3) is 0.241. The molecule has 1 aromatic heterocycles. The van der Waals surface area contributed by atoms with Gasteiger partial charge in [-0.25, -0.2) is 0 Å². The molecule has 0 saturated heterocycles. The van der Waals surface area contributed by atoms with Crippen molar-refractivity contribution in [2.75, 3.05) is 0 Å². The van der Waals surface area contributed by atoms with Crippen molar-refractivity contribution in [3.05, 3.63) is 113 Å². The first-order valence-electron chi connectivity index (χ1n) is 11.6. The van der Waals surface area contributed by atoms with E-state index in [1.54, 1.807) is 0 Å². The number of hydrogen-bond acceptors (Lipinski definition) is 2. The predicted octanol–water partition coefficient (Wildman–Crippen LogP) is 8.56. The average Bonchev–Trinajstić information content (AvgIpc) is 2.86. The first kappa shape index (κ1) is 26.4. The van der Waals surface area contributed by atoms with Crippen LogP contribution in [0.2, 0.25) is 0 Å². The molecule has 0 fully saturated rings. The van der Waals surface area contributed by atoms with E-state index in [-0.39, 0.29) is 35.8 Å². The molecule has 0 aliphatic heterocycles. The monoisotopic (exact) mass is 515 g/mol. The quantitative estimate of drug-likeness (QED) is 0.231. The second-order valence-corrected chi connectivity index (χ2v) is 9.02. The number of pyridine rings is 1. The Hall–Kier alpha value is -3.68. The maximum atomic E-state index is 13.8. The zero-order valence-corrected chi connectivity index (χ0v) is 19.8. The molecule has 2 atom stereocenters. The van der Waals surface area contributed by atoms with Crippen LogP contribution in [0.1, 0.15) is 59.5 Å². The number of rotatable bonds is 7. The summed E-state index contributed by atoms with van der Waals surface area (Å²) in [6.07, 6.45) is -8.43. The van der Waals surface area contributed by atoms with Crippen molar-refractivity contribution in [2.24, 2.45) is 0 Å². The molecule has 0 aliphatic carbocycles. The summed E-state index contributed by atoms with van der Waals surface area (Å²) in [7, 11) is 0. The van der Waals surface area contributed by atoms with E-state index in [0.717, 1.165) is 52.7 Å². The highest BCUT2D eigenvalue weighted by Gasteiger charge is 2.37. The zero-order valence-electron chi connectivity index (χ0n) is 19.8. The van der Waals surface area contributed by atoms with Crippen molar-refractivity contribution in [2.45, 2.75) is 44.0 Å². The second-order valence-electron chi connectivity index (χ2n) is 9.02. The molecule has 1 heterocycles. The number of fused-ring (bicyclic) bond motifs is 1. The number of ketones is 1. The lowest BCUT2D eigenvalue weighted by atomic mass is 9.84. The predicted molar refractivity (Wildman–Crippen MR) is 129 cm³/mol. The standard InChI is InChI=1S/C29H23F6NO/c1-18(23-9-4-7-19-6-2-3-8-24(19)23)16-22(37)17-25(20-11-13-21(14-12-20)28(30,31)32)27-26(29(33,34)35)10-5-15-36-27/h2-15,18,25H,16-17H2,1H3/t18-,25+/m1/s1. The van der Waals surface area contributed by atoms with Gasteiger partial charge in [0.25, 0.3) is 0 Å². The number of carbonyl (C=O) groups is 1. The van der Waals surface area contributed by atoms with E-state index in [1.165, 1.54) is 6.20 Å². The molecule has 3 aromatic carbocycles. The Bertz CT molecular complexity index is 1390. The van der Waals surface area contributed by atoms with Crippen LogP contribution in [0.3, 0.4) is 0 Å². The van der Waals surface area contributed by atoms with Crippen LogP contribution in [0, 0.1) is 0 Å². The maximum Gasteiger partial charge on any atom is 0.418 e. The number of benzene rings is 3. The van der Waals surface area contributed by atoms with E-state index in [2.05, 4.69) is 4.98 Å². The van der Waals surface area contributed by atoms with Crippen LogP contribution in [0.5, 0.6) is 0 Å². The van der Waals surface area contributed by atoms with Crippen LogP contribution in [0.4, 0.5) is 26.3 Å². The smallest absolute Gasteiger partial charge is 0.300 e. The van der Waals surface area contributed by atoms with Crippen molar-refractivity contribution in [3.63, 3.8) is 0 Å². The van der Waals surface area contributed by atoms with Crippen LogP contribution in [0.15, 0.2) is 85.1 Å². The van der Waals surface area contributed by atoms with Gasteiger partial charge in [-0.15, -0.1) is 0 Å². The van der Waals surface area contributed by atoms with Crippen molar-refractivity contribution < 1.29 is 31.1 Å². The minimum absolute atomic E-state index is 0.0549. The third-order valence-corrected chi connectivity index (χ3v) is 6.43. The summed E-state index contributed by atoms with van der Waals surface area (Å²) in [5, 5.41) is 1.99. The van der Waals surface area contributed by atoms with Crippen molar-refractivity contribution in [3.8, 4) is 0 Å². The highest BCUT2D eigenvalue weighted by molar-refractivity contribution is 5.87. The van der Waals surface area contributed by atoms with Gasteiger partial charge in [0, 0.05) is 25.0 Å². The van der Waals surface area contributed by atoms with Gasteiger partial charge < -0.3 is 0 Å². The summed E-state index contributed by atoms with van der Waals surface area (Å²) in [4.78, 5) is 17.1. The fourth-order valence-electron chi connectivity index (χ4n) is 4.65. The number of hydrogen-bond donors (Lipinski definition) is 0. The minimum atomic E-state index is -4.74. The topological polar surface area (TPSA) is 30.0 Å². The van der Waals surface area contributed by atoms with Crippen LogP contribution >= 0.6 is 0 Å². The van der Waals surface area contributed by atoms with E-state index in [0.29, 0.717) is 0 Å². The Morgan fingerprint density at radius 2 is 1.46 bits per heavy atom. The van der Waals surface area contributed by atoms with Gasteiger partial charge in [0.1, 0.15) is 5.78 Å². The summed E-state index contributed by atoms with van der Waals surface area (Å²) in [5.41, 5.74) is -1.24. The lowest BCUT2D eigenvalue weighted by Gasteiger charge is -2.22. The molecule has 2 nitrogen and oxygen atoms in total. The molecule has 0 saturated carbocycles.